The number of nitrogens with one attached hydrogen (secondary N) is 1. The third-order valence-electron chi connectivity index (χ3n) is 3.10. The second kappa shape index (κ2) is 7.43. The van der Waals surface area contributed by atoms with Gasteiger partial charge in [0.1, 0.15) is 11.4 Å². The zero-order valence-electron chi connectivity index (χ0n) is 13.5. The summed E-state index contributed by atoms with van der Waals surface area (Å²) in [5.41, 5.74) is 6.99. The van der Waals surface area contributed by atoms with Gasteiger partial charge in [0.15, 0.2) is 0 Å². The summed E-state index contributed by atoms with van der Waals surface area (Å²) in [5, 5.41) is 10.4. The van der Waals surface area contributed by atoms with Crippen molar-refractivity contribution in [3.63, 3.8) is 0 Å². The Kier molecular flexibility index (Phi) is 5.53. The maximum absolute atomic E-state index is 11.3. The van der Waals surface area contributed by atoms with E-state index >= 15 is 0 Å². The number of azo groups is 1. The molecule has 0 radical (unpaired) electrons. The van der Waals surface area contributed by atoms with Crippen LogP contribution in [0.4, 0.5) is 22.7 Å². The highest BCUT2D eigenvalue weighted by Crippen LogP contribution is 2.37. The highest BCUT2D eigenvalue weighted by Gasteiger charge is 2.17. The molecule has 10 heteroatoms. The molecule has 0 spiro atoms. The normalized spacial score (nSPS) is 11.5. The van der Waals surface area contributed by atoms with Crippen LogP contribution >= 0.6 is 7.60 Å². The number of nitrogen functional groups attached to an aromatic ring is 1. The molecule has 2 aromatic carbocycles. The van der Waals surface area contributed by atoms with Crippen molar-refractivity contribution in [2.45, 2.75) is 6.92 Å². The summed E-state index contributed by atoms with van der Waals surface area (Å²) in [6.07, 6.45) is 0. The van der Waals surface area contributed by atoms with E-state index in [-0.39, 0.29) is 22.6 Å². The van der Waals surface area contributed by atoms with E-state index in [1.54, 1.807) is 0 Å². The number of nitrogens with two attached hydrogens (primary N) is 1. The molecule has 0 fully saturated rings. The Balaban J connectivity index is 2.43. The summed E-state index contributed by atoms with van der Waals surface area (Å²) in [6, 6.07) is 8.51. The Morgan fingerprint density at radius 1 is 1.24 bits per heavy atom. The van der Waals surface area contributed by atoms with Gasteiger partial charge >= 0.3 is 7.60 Å². The van der Waals surface area contributed by atoms with Crippen molar-refractivity contribution in [2.24, 2.45) is 10.2 Å². The molecule has 0 bridgehead atoms. The van der Waals surface area contributed by atoms with E-state index in [1.165, 1.54) is 50.4 Å². The van der Waals surface area contributed by atoms with Crippen LogP contribution < -0.4 is 21.1 Å². The van der Waals surface area contributed by atoms with Crippen LogP contribution in [-0.2, 0) is 9.36 Å². The van der Waals surface area contributed by atoms with E-state index in [0.717, 1.165) is 0 Å². The van der Waals surface area contributed by atoms with Crippen molar-refractivity contribution in [3.05, 3.63) is 36.4 Å². The first kappa shape index (κ1) is 18.6. The van der Waals surface area contributed by atoms with Crippen LogP contribution in [0.1, 0.15) is 6.92 Å². The monoisotopic (exact) mass is 364 g/mol. The van der Waals surface area contributed by atoms with Gasteiger partial charge in [-0.15, -0.1) is 5.11 Å². The fourth-order valence-corrected chi connectivity index (χ4v) is 2.56. The van der Waals surface area contributed by atoms with E-state index in [2.05, 4.69) is 15.5 Å². The van der Waals surface area contributed by atoms with Crippen molar-refractivity contribution in [1.29, 1.82) is 0 Å². The van der Waals surface area contributed by atoms with Gasteiger partial charge in [-0.3, -0.25) is 9.36 Å². The van der Waals surface area contributed by atoms with Crippen molar-refractivity contribution < 1.29 is 23.9 Å². The summed E-state index contributed by atoms with van der Waals surface area (Å²) in [4.78, 5) is 29.7. The second-order valence-corrected chi connectivity index (χ2v) is 6.66. The molecule has 0 saturated carbocycles. The number of carbonyl (C=O) groups excluding carboxylic acids is 1. The standard InChI is InChI=1S/C15H17N4O5P/c1-9(20)17-13-7-12(16)15(24-2)8-14(13)19-18-10-4-3-5-11(6-10)25(21,22)23/h3-8H,16H2,1-2H3,(H,17,20)(H2,21,22,23). The van der Waals surface area contributed by atoms with E-state index < -0.39 is 7.60 Å². The molecule has 25 heavy (non-hydrogen) atoms. The van der Waals surface area contributed by atoms with E-state index in [9.17, 15) is 19.1 Å². The average Bonchev–Trinajstić information content (AvgIpc) is 2.53. The highest BCUT2D eigenvalue weighted by molar-refractivity contribution is 7.60. The lowest BCUT2D eigenvalue weighted by Gasteiger charge is -2.10. The number of rotatable bonds is 5. The lowest BCUT2D eigenvalue weighted by Crippen LogP contribution is -2.06. The molecule has 2 rings (SSSR count). The minimum Gasteiger partial charge on any atom is -0.495 e. The predicted octanol–water partition coefficient (Wildman–Crippen LogP) is 2.45. The molecular formula is C15H17N4O5P. The van der Waals surface area contributed by atoms with Gasteiger partial charge in [-0.05, 0) is 24.3 Å². The number of amides is 1. The molecule has 2 aromatic rings. The number of carbonyl (C=O) groups is 1. The van der Waals surface area contributed by atoms with E-state index in [0.29, 0.717) is 17.1 Å². The lowest BCUT2D eigenvalue weighted by molar-refractivity contribution is -0.114. The van der Waals surface area contributed by atoms with Gasteiger partial charge in [-0.25, -0.2) is 0 Å². The summed E-state index contributed by atoms with van der Waals surface area (Å²) in [6.45, 7) is 1.34. The van der Waals surface area contributed by atoms with Crippen LogP contribution in [0.15, 0.2) is 46.6 Å². The van der Waals surface area contributed by atoms with Gasteiger partial charge in [-0.1, -0.05) is 6.07 Å². The molecule has 0 aromatic heterocycles. The third-order valence-corrected chi connectivity index (χ3v) is 4.05. The average molecular weight is 364 g/mol. The molecule has 5 N–H and O–H groups in total. The topological polar surface area (TPSA) is 147 Å². The highest BCUT2D eigenvalue weighted by atomic mass is 31.2. The number of nitrogens with zero attached hydrogens (tertiary/aromatic N) is 2. The Hall–Kier alpha value is -2.74. The van der Waals surface area contributed by atoms with E-state index in [1.807, 2.05) is 0 Å². The van der Waals surface area contributed by atoms with E-state index in [4.69, 9.17) is 10.5 Å². The molecule has 0 aliphatic heterocycles. The summed E-state index contributed by atoms with van der Waals surface area (Å²) in [5.74, 6) is 0.0385. The number of ether oxygens (including phenoxy) is 1. The van der Waals surface area contributed by atoms with Gasteiger partial charge in [0.2, 0.25) is 5.91 Å². The third kappa shape index (κ3) is 4.87. The first-order chi connectivity index (χ1) is 11.7. The summed E-state index contributed by atoms with van der Waals surface area (Å²) in [7, 11) is -2.94. The van der Waals surface area contributed by atoms with Crippen LogP contribution in [0.5, 0.6) is 5.75 Å². The molecule has 0 saturated heterocycles. The Labute approximate surface area is 143 Å². The molecule has 0 aliphatic carbocycles. The molecule has 1 amide bonds. The maximum atomic E-state index is 11.3. The first-order valence-electron chi connectivity index (χ1n) is 7.03. The number of hydrogen-bond donors (Lipinski definition) is 4. The molecule has 9 nitrogen and oxygen atoms in total. The number of benzene rings is 2. The zero-order valence-corrected chi connectivity index (χ0v) is 14.4. The van der Waals surface area contributed by atoms with Gasteiger partial charge in [0.25, 0.3) is 0 Å². The van der Waals surface area contributed by atoms with Crippen LogP contribution in [-0.4, -0.2) is 22.8 Å². The molecule has 0 atom stereocenters. The fraction of sp³-hybridized carbons (Fsp3) is 0.133. The Morgan fingerprint density at radius 3 is 2.56 bits per heavy atom. The Bertz CT molecular complexity index is 878. The van der Waals surface area contributed by atoms with Gasteiger partial charge in [-0.2, -0.15) is 5.11 Å². The molecular weight excluding hydrogens is 347 g/mol. The van der Waals surface area contributed by atoms with Crippen LogP contribution in [0.2, 0.25) is 0 Å². The summed E-state index contributed by atoms with van der Waals surface area (Å²) >= 11 is 0. The number of hydrogen-bond acceptors (Lipinski definition) is 6. The molecule has 0 aliphatic rings. The van der Waals surface area contributed by atoms with Crippen LogP contribution in [0.3, 0.4) is 0 Å². The number of methoxy groups -OCH3 is 1. The van der Waals surface area contributed by atoms with Crippen molar-refractivity contribution >= 4 is 41.6 Å². The number of anilines is 2. The molecule has 0 unspecified atom stereocenters. The first-order valence-corrected chi connectivity index (χ1v) is 8.65. The predicted molar refractivity (Wildman–Crippen MR) is 94.0 cm³/mol. The van der Waals surface area contributed by atoms with Crippen LogP contribution in [0, 0.1) is 0 Å². The minimum absolute atomic E-state index is 0.166. The zero-order chi connectivity index (χ0) is 18.6. The largest absolute Gasteiger partial charge is 0.495 e. The fourth-order valence-electron chi connectivity index (χ4n) is 1.98. The van der Waals surface area contributed by atoms with Crippen molar-refractivity contribution in [2.75, 3.05) is 18.2 Å². The molecule has 132 valence electrons. The van der Waals surface area contributed by atoms with Gasteiger partial charge < -0.3 is 25.6 Å². The van der Waals surface area contributed by atoms with Gasteiger partial charge in [0, 0.05) is 13.0 Å². The molecule has 0 heterocycles. The minimum atomic E-state index is -4.38. The lowest BCUT2D eigenvalue weighted by atomic mass is 10.2. The van der Waals surface area contributed by atoms with Crippen LogP contribution in [0.25, 0.3) is 0 Å². The quantitative estimate of drug-likeness (QED) is 0.364. The smallest absolute Gasteiger partial charge is 0.356 e. The SMILES string of the molecule is COc1cc(N=Nc2cccc(P(=O)(O)O)c2)c(NC(C)=O)cc1N. The summed E-state index contributed by atoms with van der Waals surface area (Å²) < 4.78 is 16.4. The maximum Gasteiger partial charge on any atom is 0.356 e. The second-order valence-electron chi connectivity index (χ2n) is 5.06. The van der Waals surface area contributed by atoms with Crippen molar-refractivity contribution in [3.8, 4) is 5.75 Å². The van der Waals surface area contributed by atoms with Gasteiger partial charge in [0.05, 0.1) is 29.5 Å². The van der Waals surface area contributed by atoms with Crippen molar-refractivity contribution in [1.82, 2.24) is 0 Å². The Morgan fingerprint density at radius 2 is 1.96 bits per heavy atom.